The van der Waals surface area contributed by atoms with E-state index < -0.39 is 17.9 Å². The van der Waals surface area contributed by atoms with Gasteiger partial charge in [0.25, 0.3) is 0 Å². The molecule has 2 heterocycles. The van der Waals surface area contributed by atoms with Crippen LogP contribution in [0.5, 0.6) is 0 Å². The zero-order valence-corrected chi connectivity index (χ0v) is 13.4. The molecule has 1 amide bonds. The van der Waals surface area contributed by atoms with E-state index in [4.69, 9.17) is 9.84 Å². The summed E-state index contributed by atoms with van der Waals surface area (Å²) in [7, 11) is 0. The van der Waals surface area contributed by atoms with Gasteiger partial charge in [0, 0.05) is 26.2 Å². The lowest BCUT2D eigenvalue weighted by atomic mass is 10.0. The molecule has 0 spiro atoms. The van der Waals surface area contributed by atoms with Crippen molar-refractivity contribution in [2.75, 3.05) is 39.4 Å². The number of hydrogen-bond donors (Lipinski definition) is 1. The van der Waals surface area contributed by atoms with Crippen LogP contribution in [0.1, 0.15) is 18.0 Å². The number of amides is 1. The Morgan fingerprint density at radius 1 is 1.25 bits per heavy atom. The number of benzene rings is 1. The van der Waals surface area contributed by atoms with Gasteiger partial charge in [-0.2, -0.15) is 0 Å². The van der Waals surface area contributed by atoms with Crippen LogP contribution in [0.25, 0.3) is 0 Å². The zero-order chi connectivity index (χ0) is 17.1. The number of likely N-dealkylation sites (tertiary alicyclic amines) is 1. The Bertz CT molecular complexity index is 618. The van der Waals surface area contributed by atoms with Gasteiger partial charge >= 0.3 is 5.97 Å². The smallest absolute Gasteiger partial charge is 0.308 e. The van der Waals surface area contributed by atoms with E-state index >= 15 is 0 Å². The maximum atomic E-state index is 13.7. The van der Waals surface area contributed by atoms with Crippen LogP contribution in [-0.2, 0) is 14.3 Å². The predicted molar refractivity (Wildman–Crippen MR) is 83.9 cm³/mol. The van der Waals surface area contributed by atoms with Crippen molar-refractivity contribution in [3.63, 3.8) is 0 Å². The molecule has 24 heavy (non-hydrogen) atoms. The quantitative estimate of drug-likeness (QED) is 0.893. The van der Waals surface area contributed by atoms with Gasteiger partial charge in [-0.25, -0.2) is 4.39 Å². The molecule has 1 aromatic carbocycles. The molecule has 0 saturated carbocycles. The Morgan fingerprint density at radius 2 is 2.00 bits per heavy atom. The van der Waals surface area contributed by atoms with Gasteiger partial charge in [0.15, 0.2) is 0 Å². The average molecular weight is 336 g/mol. The summed E-state index contributed by atoms with van der Waals surface area (Å²) >= 11 is 0. The summed E-state index contributed by atoms with van der Waals surface area (Å²) in [4.78, 5) is 27.8. The standard InChI is InChI=1S/C17H21FN2O4/c18-14-3-1-2-12(10-14)15(19-6-8-24-9-7-19)16(21)20-5-4-13(11-20)17(22)23/h1-3,10,13,15H,4-9,11H2,(H,22,23). The Hall–Kier alpha value is -1.99. The summed E-state index contributed by atoms with van der Waals surface area (Å²) in [6, 6.07) is 5.46. The van der Waals surface area contributed by atoms with Gasteiger partial charge in [-0.3, -0.25) is 14.5 Å². The lowest BCUT2D eigenvalue weighted by molar-refractivity contribution is -0.142. The number of morpholine rings is 1. The third kappa shape index (κ3) is 3.57. The third-order valence-electron chi connectivity index (χ3n) is 4.66. The number of ether oxygens (including phenoxy) is 1. The van der Waals surface area contributed by atoms with Crippen LogP contribution in [0.15, 0.2) is 24.3 Å². The second-order valence-corrected chi connectivity index (χ2v) is 6.21. The summed E-state index contributed by atoms with van der Waals surface area (Å²) in [5.74, 6) is -1.94. The van der Waals surface area contributed by atoms with E-state index in [-0.39, 0.29) is 18.3 Å². The number of carbonyl (C=O) groups is 2. The molecule has 130 valence electrons. The fourth-order valence-corrected chi connectivity index (χ4v) is 3.36. The van der Waals surface area contributed by atoms with Crippen molar-refractivity contribution in [3.05, 3.63) is 35.6 Å². The summed E-state index contributed by atoms with van der Waals surface area (Å²) in [5.41, 5.74) is 0.598. The van der Waals surface area contributed by atoms with Gasteiger partial charge in [-0.15, -0.1) is 0 Å². The largest absolute Gasteiger partial charge is 0.481 e. The van der Waals surface area contributed by atoms with Crippen molar-refractivity contribution in [2.45, 2.75) is 12.5 Å². The minimum absolute atomic E-state index is 0.161. The maximum absolute atomic E-state index is 13.7. The van der Waals surface area contributed by atoms with E-state index in [1.165, 1.54) is 12.1 Å². The number of hydrogen-bond acceptors (Lipinski definition) is 4. The van der Waals surface area contributed by atoms with E-state index in [0.717, 1.165) is 0 Å². The summed E-state index contributed by atoms with van der Waals surface area (Å²) in [5, 5.41) is 9.14. The molecule has 2 atom stereocenters. The molecule has 3 rings (SSSR count). The van der Waals surface area contributed by atoms with Crippen LogP contribution in [0, 0.1) is 11.7 Å². The Kier molecular flexibility index (Phi) is 5.11. The number of halogens is 1. The number of aliphatic carboxylic acids is 1. The third-order valence-corrected chi connectivity index (χ3v) is 4.66. The van der Waals surface area contributed by atoms with Crippen LogP contribution < -0.4 is 0 Å². The molecule has 1 N–H and O–H groups in total. The number of carboxylic acid groups (broad SMARTS) is 1. The minimum atomic E-state index is -0.876. The first-order valence-corrected chi connectivity index (χ1v) is 8.15. The maximum Gasteiger partial charge on any atom is 0.308 e. The van der Waals surface area contributed by atoms with Crippen LogP contribution >= 0.6 is 0 Å². The molecule has 2 unspecified atom stereocenters. The highest BCUT2D eigenvalue weighted by Crippen LogP contribution is 2.28. The van der Waals surface area contributed by atoms with Crippen LogP contribution in [0.4, 0.5) is 4.39 Å². The van der Waals surface area contributed by atoms with Gasteiger partial charge in [-0.1, -0.05) is 12.1 Å². The highest BCUT2D eigenvalue weighted by Gasteiger charge is 2.37. The molecule has 7 heteroatoms. The van der Waals surface area contributed by atoms with Gasteiger partial charge in [0.1, 0.15) is 11.9 Å². The number of carbonyl (C=O) groups excluding carboxylic acids is 1. The van der Waals surface area contributed by atoms with Gasteiger partial charge in [0.2, 0.25) is 5.91 Å². The second-order valence-electron chi connectivity index (χ2n) is 6.21. The van der Waals surface area contributed by atoms with Crippen LogP contribution in [0.2, 0.25) is 0 Å². The van der Waals surface area contributed by atoms with Gasteiger partial charge in [0.05, 0.1) is 19.1 Å². The van der Waals surface area contributed by atoms with Crippen molar-refractivity contribution < 1.29 is 23.8 Å². The Balaban J connectivity index is 1.84. The normalized spacial score (nSPS) is 23.2. The number of carboxylic acids is 1. The number of rotatable bonds is 4. The average Bonchev–Trinajstić information content (AvgIpc) is 3.06. The fourth-order valence-electron chi connectivity index (χ4n) is 3.36. The van der Waals surface area contributed by atoms with Crippen LogP contribution in [-0.4, -0.2) is 66.2 Å². The molecular weight excluding hydrogens is 315 g/mol. The molecule has 6 nitrogen and oxygen atoms in total. The van der Waals surface area contributed by atoms with E-state index in [1.54, 1.807) is 17.0 Å². The van der Waals surface area contributed by atoms with E-state index in [0.29, 0.717) is 44.8 Å². The second kappa shape index (κ2) is 7.27. The van der Waals surface area contributed by atoms with E-state index in [1.807, 2.05) is 4.90 Å². The van der Waals surface area contributed by atoms with Crippen molar-refractivity contribution in [1.82, 2.24) is 9.80 Å². The molecule has 0 aliphatic carbocycles. The van der Waals surface area contributed by atoms with Crippen molar-refractivity contribution >= 4 is 11.9 Å². The van der Waals surface area contributed by atoms with Gasteiger partial charge in [-0.05, 0) is 24.1 Å². The SMILES string of the molecule is O=C(O)C1CCN(C(=O)C(c2cccc(F)c2)N2CCOCC2)C1. The molecule has 0 aromatic heterocycles. The molecule has 0 radical (unpaired) electrons. The fraction of sp³-hybridized carbons (Fsp3) is 0.529. The Morgan fingerprint density at radius 3 is 2.62 bits per heavy atom. The first-order valence-electron chi connectivity index (χ1n) is 8.15. The Labute approximate surface area is 139 Å². The molecule has 2 fully saturated rings. The molecule has 2 aliphatic heterocycles. The highest BCUT2D eigenvalue weighted by atomic mass is 19.1. The molecular formula is C17H21FN2O4. The van der Waals surface area contributed by atoms with Crippen molar-refractivity contribution in [2.24, 2.45) is 5.92 Å². The lowest BCUT2D eigenvalue weighted by Crippen LogP contribution is -2.46. The van der Waals surface area contributed by atoms with Gasteiger partial charge < -0.3 is 14.7 Å². The zero-order valence-electron chi connectivity index (χ0n) is 13.4. The monoisotopic (exact) mass is 336 g/mol. The minimum Gasteiger partial charge on any atom is -0.481 e. The summed E-state index contributed by atoms with van der Waals surface area (Å²) in [6.45, 7) is 2.86. The highest BCUT2D eigenvalue weighted by molar-refractivity contribution is 5.84. The van der Waals surface area contributed by atoms with Crippen LogP contribution in [0.3, 0.4) is 0 Å². The first kappa shape index (κ1) is 16.9. The van der Waals surface area contributed by atoms with E-state index in [2.05, 4.69) is 0 Å². The number of nitrogens with zero attached hydrogens (tertiary/aromatic N) is 2. The predicted octanol–water partition coefficient (Wildman–Crippen LogP) is 1.13. The summed E-state index contributed by atoms with van der Waals surface area (Å²) in [6.07, 6.45) is 0.458. The van der Waals surface area contributed by atoms with Crippen molar-refractivity contribution in [1.29, 1.82) is 0 Å². The molecule has 2 aliphatic rings. The topological polar surface area (TPSA) is 70.1 Å². The van der Waals surface area contributed by atoms with Crippen molar-refractivity contribution in [3.8, 4) is 0 Å². The molecule has 1 aromatic rings. The lowest BCUT2D eigenvalue weighted by Gasteiger charge is -2.35. The molecule has 2 saturated heterocycles. The van der Waals surface area contributed by atoms with E-state index in [9.17, 15) is 14.0 Å². The first-order chi connectivity index (χ1) is 11.6. The summed E-state index contributed by atoms with van der Waals surface area (Å²) < 4.78 is 19.0. The molecule has 0 bridgehead atoms.